The van der Waals surface area contributed by atoms with Crippen LogP contribution >= 0.6 is 0 Å². The van der Waals surface area contributed by atoms with Gasteiger partial charge in [0.15, 0.2) is 0 Å². The Kier molecular flexibility index (Phi) is 12.0. The van der Waals surface area contributed by atoms with Gasteiger partial charge in [0.2, 0.25) is 0 Å². The van der Waals surface area contributed by atoms with E-state index >= 15 is 0 Å². The molecule has 0 fully saturated rings. The van der Waals surface area contributed by atoms with Gasteiger partial charge in [0, 0.05) is 0 Å². The van der Waals surface area contributed by atoms with E-state index in [2.05, 4.69) is 6.92 Å². The molecule has 0 amide bonds. The first-order valence-corrected chi connectivity index (χ1v) is 7.66. The van der Waals surface area contributed by atoms with Gasteiger partial charge in [0.25, 0.3) is 0 Å². The van der Waals surface area contributed by atoms with E-state index in [0.717, 1.165) is 44.9 Å². The second-order valence-corrected chi connectivity index (χ2v) is 5.37. The Morgan fingerprint density at radius 3 is 1.89 bits per heavy atom. The molecule has 0 bridgehead atoms. The van der Waals surface area contributed by atoms with Crippen LogP contribution in [0.3, 0.4) is 0 Å². The summed E-state index contributed by atoms with van der Waals surface area (Å²) in [5.74, 6) is -0.00769. The lowest BCUT2D eigenvalue weighted by Crippen LogP contribution is -2.19. The zero-order valence-corrected chi connectivity index (χ0v) is 12.1. The van der Waals surface area contributed by atoms with Gasteiger partial charge in [-0.15, -0.1) is 0 Å². The van der Waals surface area contributed by atoms with Gasteiger partial charge in [0.1, 0.15) is 0 Å². The summed E-state index contributed by atoms with van der Waals surface area (Å²) in [6.07, 6.45) is 10.1. The molecule has 0 saturated heterocycles. The highest BCUT2D eigenvalue weighted by molar-refractivity contribution is 6.43. The lowest BCUT2D eigenvalue weighted by atomic mass is 9.68. The van der Waals surface area contributed by atoms with Crippen molar-refractivity contribution in [3.05, 3.63) is 0 Å². The van der Waals surface area contributed by atoms with Crippen LogP contribution in [0.15, 0.2) is 0 Å². The van der Waals surface area contributed by atoms with Crippen LogP contribution in [0, 0.1) is 0 Å². The van der Waals surface area contributed by atoms with Crippen molar-refractivity contribution in [1.29, 1.82) is 0 Å². The molecule has 4 heteroatoms. The Balaban J connectivity index is 3.41. The summed E-state index contributed by atoms with van der Waals surface area (Å²) in [4.78, 5) is 0. The molecule has 0 aromatic carbocycles. The molecule has 3 N–H and O–H groups in total. The summed E-state index contributed by atoms with van der Waals surface area (Å²) in [5, 5.41) is 28.0. The topological polar surface area (TPSA) is 60.7 Å². The van der Waals surface area contributed by atoms with Crippen molar-refractivity contribution in [3.63, 3.8) is 0 Å². The molecular formula is C14H31BO3. The highest BCUT2D eigenvalue weighted by Crippen LogP contribution is 2.21. The van der Waals surface area contributed by atoms with E-state index in [1.54, 1.807) is 0 Å². The summed E-state index contributed by atoms with van der Waals surface area (Å²) in [7, 11) is -1.19. The first-order valence-electron chi connectivity index (χ1n) is 7.66. The molecule has 2 unspecified atom stereocenters. The molecule has 0 radical (unpaired) electrons. The highest BCUT2D eigenvalue weighted by Gasteiger charge is 2.20. The van der Waals surface area contributed by atoms with E-state index in [9.17, 15) is 5.11 Å². The number of rotatable bonds is 12. The Morgan fingerprint density at radius 2 is 1.39 bits per heavy atom. The molecule has 0 aliphatic rings. The number of unbranched alkanes of at least 4 members (excludes halogenated alkanes) is 4. The second kappa shape index (κ2) is 12.0. The van der Waals surface area contributed by atoms with Gasteiger partial charge in [-0.1, -0.05) is 65.2 Å². The lowest BCUT2D eigenvalue weighted by Gasteiger charge is -2.14. The van der Waals surface area contributed by atoms with Crippen LogP contribution < -0.4 is 0 Å². The highest BCUT2D eigenvalue weighted by atomic mass is 16.4. The molecule has 0 aliphatic carbocycles. The lowest BCUT2D eigenvalue weighted by molar-refractivity contribution is 0.147. The number of aliphatic hydroxyl groups is 1. The maximum Gasteiger partial charge on any atom is 0.454 e. The molecule has 3 nitrogen and oxygen atoms in total. The van der Waals surface area contributed by atoms with Gasteiger partial charge in [-0.25, -0.2) is 0 Å². The quantitative estimate of drug-likeness (QED) is 0.372. The van der Waals surface area contributed by atoms with Crippen LogP contribution in [0.5, 0.6) is 0 Å². The van der Waals surface area contributed by atoms with Crippen LogP contribution in [-0.2, 0) is 0 Å². The van der Waals surface area contributed by atoms with Crippen LogP contribution in [0.2, 0.25) is 5.82 Å². The predicted octanol–water partition coefficient (Wildman–Crippen LogP) is 3.13. The van der Waals surface area contributed by atoms with Crippen LogP contribution in [0.4, 0.5) is 0 Å². The first-order chi connectivity index (χ1) is 8.61. The minimum atomic E-state index is -1.19. The van der Waals surface area contributed by atoms with E-state index in [4.69, 9.17) is 10.0 Å². The standard InChI is InChI=1S/C14H31BO3/c1-3-5-6-7-11-14(16)12-9-8-10-13(4-2)15(17)18/h13-14,16-18H,3-12H2,1-2H3. The summed E-state index contributed by atoms with van der Waals surface area (Å²) >= 11 is 0. The Bertz CT molecular complexity index is 176. The van der Waals surface area contributed by atoms with E-state index in [1.165, 1.54) is 19.3 Å². The zero-order chi connectivity index (χ0) is 13.8. The largest absolute Gasteiger partial charge is 0.454 e. The van der Waals surface area contributed by atoms with Gasteiger partial charge in [-0.05, 0) is 18.7 Å². The van der Waals surface area contributed by atoms with E-state index in [1.807, 2.05) is 6.92 Å². The molecular weight excluding hydrogens is 227 g/mol. The minimum absolute atomic E-state index is 0.00769. The van der Waals surface area contributed by atoms with Crippen LogP contribution in [0.1, 0.15) is 78.1 Å². The molecule has 0 aromatic heterocycles. The number of aliphatic hydroxyl groups excluding tert-OH is 1. The molecule has 0 aromatic rings. The van der Waals surface area contributed by atoms with E-state index in [-0.39, 0.29) is 11.9 Å². The average molecular weight is 258 g/mol. The summed E-state index contributed by atoms with van der Waals surface area (Å²) in [6.45, 7) is 4.17. The molecule has 0 saturated carbocycles. The molecule has 0 heterocycles. The smallest absolute Gasteiger partial charge is 0.427 e. The Labute approximate surface area is 113 Å². The summed E-state index contributed by atoms with van der Waals surface area (Å²) in [5.41, 5.74) is 0. The van der Waals surface area contributed by atoms with Crippen LogP contribution in [0.25, 0.3) is 0 Å². The SMILES string of the molecule is CCCCCCC(O)CCCCC(CC)B(O)O. The third kappa shape index (κ3) is 9.92. The normalized spacial score (nSPS) is 14.5. The van der Waals surface area contributed by atoms with Gasteiger partial charge in [-0.2, -0.15) is 0 Å². The monoisotopic (exact) mass is 258 g/mol. The minimum Gasteiger partial charge on any atom is -0.427 e. The van der Waals surface area contributed by atoms with Crippen molar-refractivity contribution in [2.45, 2.75) is 90.0 Å². The molecule has 0 aliphatic heterocycles. The number of hydrogen-bond acceptors (Lipinski definition) is 3. The fraction of sp³-hybridized carbons (Fsp3) is 1.00. The fourth-order valence-electron chi connectivity index (χ4n) is 2.30. The summed E-state index contributed by atoms with van der Waals surface area (Å²) < 4.78 is 0. The van der Waals surface area contributed by atoms with Crippen molar-refractivity contribution in [2.24, 2.45) is 0 Å². The second-order valence-electron chi connectivity index (χ2n) is 5.37. The zero-order valence-electron chi connectivity index (χ0n) is 12.1. The van der Waals surface area contributed by atoms with Crippen molar-refractivity contribution in [1.82, 2.24) is 0 Å². The van der Waals surface area contributed by atoms with E-state index in [0.29, 0.717) is 0 Å². The maximum atomic E-state index is 9.78. The average Bonchev–Trinajstić information content (AvgIpc) is 2.34. The Hall–Kier alpha value is -0.0551. The third-order valence-electron chi connectivity index (χ3n) is 3.70. The summed E-state index contributed by atoms with van der Waals surface area (Å²) in [6, 6.07) is 0. The van der Waals surface area contributed by atoms with Gasteiger partial charge < -0.3 is 15.2 Å². The first kappa shape index (κ1) is 17.9. The molecule has 108 valence electrons. The fourth-order valence-corrected chi connectivity index (χ4v) is 2.30. The molecule has 18 heavy (non-hydrogen) atoms. The van der Waals surface area contributed by atoms with Gasteiger partial charge >= 0.3 is 7.12 Å². The van der Waals surface area contributed by atoms with Crippen molar-refractivity contribution in [3.8, 4) is 0 Å². The van der Waals surface area contributed by atoms with Crippen molar-refractivity contribution >= 4 is 7.12 Å². The molecule has 0 spiro atoms. The Morgan fingerprint density at radius 1 is 0.833 bits per heavy atom. The van der Waals surface area contributed by atoms with Crippen molar-refractivity contribution in [2.75, 3.05) is 0 Å². The number of hydrogen-bond donors (Lipinski definition) is 3. The molecule has 2 atom stereocenters. The van der Waals surface area contributed by atoms with Crippen LogP contribution in [-0.4, -0.2) is 28.4 Å². The van der Waals surface area contributed by atoms with E-state index < -0.39 is 7.12 Å². The predicted molar refractivity (Wildman–Crippen MR) is 77.5 cm³/mol. The van der Waals surface area contributed by atoms with Gasteiger partial charge in [-0.3, -0.25) is 0 Å². The maximum absolute atomic E-state index is 9.78. The van der Waals surface area contributed by atoms with Crippen molar-refractivity contribution < 1.29 is 15.2 Å². The third-order valence-corrected chi connectivity index (χ3v) is 3.70. The van der Waals surface area contributed by atoms with Gasteiger partial charge in [0.05, 0.1) is 6.10 Å². The molecule has 0 rings (SSSR count).